The van der Waals surface area contributed by atoms with E-state index in [0.29, 0.717) is 0 Å². The lowest BCUT2D eigenvalue weighted by Gasteiger charge is -2.02. The van der Waals surface area contributed by atoms with Crippen LogP contribution in [0.4, 0.5) is 0 Å². The Hall–Kier alpha value is -1.67. The molecule has 0 aliphatic heterocycles. The second kappa shape index (κ2) is 4.21. The molecule has 1 heterocycles. The van der Waals surface area contributed by atoms with Crippen LogP contribution < -0.4 is 0 Å². The molecule has 0 fully saturated rings. The maximum absolute atomic E-state index is 4.79. The Morgan fingerprint density at radius 2 is 1.78 bits per heavy atom. The summed E-state index contributed by atoms with van der Waals surface area (Å²) in [5, 5.41) is 1.12. The Morgan fingerprint density at radius 1 is 0.944 bits per heavy atom. The summed E-state index contributed by atoms with van der Waals surface area (Å²) in [4.78, 5) is 4.79. The van der Waals surface area contributed by atoms with E-state index in [0.717, 1.165) is 10.5 Å². The molecule has 0 radical (unpaired) electrons. The highest BCUT2D eigenvalue weighted by atomic mass is 32.1. The summed E-state index contributed by atoms with van der Waals surface area (Å²) in [5.41, 5.74) is 6.23. The van der Waals surface area contributed by atoms with Gasteiger partial charge in [0.05, 0.1) is 10.2 Å². The van der Waals surface area contributed by atoms with Gasteiger partial charge in [0, 0.05) is 5.56 Å². The van der Waals surface area contributed by atoms with Crippen LogP contribution >= 0.6 is 11.3 Å². The molecule has 0 saturated carbocycles. The molecule has 2 heteroatoms. The predicted molar refractivity (Wildman–Crippen MR) is 79.3 cm³/mol. The third-order valence-corrected chi connectivity index (χ3v) is 4.29. The zero-order valence-electron chi connectivity index (χ0n) is 10.8. The van der Waals surface area contributed by atoms with E-state index in [1.54, 1.807) is 11.3 Å². The van der Waals surface area contributed by atoms with Crippen molar-refractivity contribution in [2.75, 3.05) is 0 Å². The average molecular weight is 253 g/mol. The van der Waals surface area contributed by atoms with Crippen molar-refractivity contribution in [1.29, 1.82) is 0 Å². The molecule has 3 aromatic rings. The fourth-order valence-electron chi connectivity index (χ4n) is 2.25. The van der Waals surface area contributed by atoms with Gasteiger partial charge >= 0.3 is 0 Å². The summed E-state index contributed by atoms with van der Waals surface area (Å²) < 4.78 is 1.27. The number of para-hydroxylation sites is 1. The van der Waals surface area contributed by atoms with Crippen molar-refractivity contribution < 1.29 is 0 Å². The number of aryl methyl sites for hydroxylation is 3. The Labute approximate surface area is 111 Å². The largest absolute Gasteiger partial charge is 0.236 e. The number of aromatic nitrogens is 1. The number of rotatable bonds is 1. The first-order valence-electron chi connectivity index (χ1n) is 6.09. The molecule has 0 amide bonds. The third kappa shape index (κ3) is 1.83. The highest BCUT2D eigenvalue weighted by Gasteiger charge is 2.09. The van der Waals surface area contributed by atoms with Gasteiger partial charge in [0.2, 0.25) is 0 Å². The quantitative estimate of drug-likeness (QED) is 0.601. The van der Waals surface area contributed by atoms with Crippen molar-refractivity contribution in [3.05, 3.63) is 53.1 Å². The van der Waals surface area contributed by atoms with Crippen LogP contribution in [0.15, 0.2) is 36.4 Å². The molecule has 1 aromatic heterocycles. The van der Waals surface area contributed by atoms with Gasteiger partial charge in [-0.15, -0.1) is 11.3 Å². The monoisotopic (exact) mass is 253 g/mol. The van der Waals surface area contributed by atoms with E-state index in [4.69, 9.17) is 4.98 Å². The zero-order chi connectivity index (χ0) is 12.7. The molecular weight excluding hydrogens is 238 g/mol. The number of fused-ring (bicyclic) bond motifs is 1. The molecule has 3 rings (SSSR count). The number of hydrogen-bond donors (Lipinski definition) is 0. The smallest absolute Gasteiger partial charge is 0.124 e. The normalized spacial score (nSPS) is 11.1. The van der Waals surface area contributed by atoms with Crippen molar-refractivity contribution in [3.63, 3.8) is 0 Å². The lowest BCUT2D eigenvalue weighted by Crippen LogP contribution is -1.83. The van der Waals surface area contributed by atoms with Crippen molar-refractivity contribution in [1.82, 2.24) is 4.98 Å². The SMILES string of the molecule is Cc1ccc(-c2nc3c(C)cccc3s2)c(C)c1. The highest BCUT2D eigenvalue weighted by Crippen LogP contribution is 2.33. The first kappa shape index (κ1) is 11.4. The van der Waals surface area contributed by atoms with Gasteiger partial charge in [-0.25, -0.2) is 4.98 Å². The minimum absolute atomic E-state index is 1.12. The molecule has 0 saturated heterocycles. The summed E-state index contributed by atoms with van der Waals surface area (Å²) in [5.74, 6) is 0. The standard InChI is InChI=1S/C16H15NS/c1-10-7-8-13(12(3)9-10)16-17-15-11(2)5-4-6-14(15)18-16/h4-9H,1-3H3. The van der Waals surface area contributed by atoms with Crippen LogP contribution in [0.3, 0.4) is 0 Å². The molecule has 0 aliphatic carbocycles. The second-order valence-corrected chi connectivity index (χ2v) is 5.79. The number of nitrogens with zero attached hydrogens (tertiary/aromatic N) is 1. The van der Waals surface area contributed by atoms with Gasteiger partial charge in [0.15, 0.2) is 0 Å². The molecule has 18 heavy (non-hydrogen) atoms. The van der Waals surface area contributed by atoms with Crippen molar-refractivity contribution in [2.24, 2.45) is 0 Å². The molecular formula is C16H15NS. The summed E-state index contributed by atoms with van der Waals surface area (Å²) >= 11 is 1.77. The Bertz CT molecular complexity index is 725. The molecule has 0 bridgehead atoms. The molecule has 0 unspecified atom stereocenters. The van der Waals surface area contributed by atoms with E-state index in [1.807, 2.05) is 0 Å². The van der Waals surface area contributed by atoms with E-state index in [9.17, 15) is 0 Å². The zero-order valence-corrected chi connectivity index (χ0v) is 11.6. The van der Waals surface area contributed by atoms with Gasteiger partial charge in [0.25, 0.3) is 0 Å². The van der Waals surface area contributed by atoms with Crippen molar-refractivity contribution in [3.8, 4) is 10.6 Å². The van der Waals surface area contributed by atoms with Crippen LogP contribution in [0, 0.1) is 20.8 Å². The minimum atomic E-state index is 1.12. The molecule has 0 atom stereocenters. The summed E-state index contributed by atoms with van der Waals surface area (Å²) in [6.07, 6.45) is 0. The minimum Gasteiger partial charge on any atom is -0.236 e. The van der Waals surface area contributed by atoms with E-state index in [-0.39, 0.29) is 0 Å². The maximum atomic E-state index is 4.79. The fraction of sp³-hybridized carbons (Fsp3) is 0.188. The van der Waals surface area contributed by atoms with E-state index >= 15 is 0 Å². The van der Waals surface area contributed by atoms with Crippen LogP contribution in [0.5, 0.6) is 0 Å². The second-order valence-electron chi connectivity index (χ2n) is 4.76. The first-order chi connectivity index (χ1) is 8.65. The van der Waals surface area contributed by atoms with Gasteiger partial charge in [-0.05, 0) is 38.0 Å². The number of benzene rings is 2. The van der Waals surface area contributed by atoms with Crippen LogP contribution in [0.2, 0.25) is 0 Å². The Morgan fingerprint density at radius 3 is 2.50 bits per heavy atom. The van der Waals surface area contributed by atoms with Gasteiger partial charge in [0.1, 0.15) is 5.01 Å². The lowest BCUT2D eigenvalue weighted by molar-refractivity contribution is 1.36. The first-order valence-corrected chi connectivity index (χ1v) is 6.90. The number of hydrogen-bond acceptors (Lipinski definition) is 2. The lowest BCUT2D eigenvalue weighted by atomic mass is 10.1. The fourth-order valence-corrected chi connectivity index (χ4v) is 3.39. The summed E-state index contributed by atoms with van der Waals surface area (Å²) in [6.45, 7) is 6.40. The molecule has 0 aliphatic rings. The highest BCUT2D eigenvalue weighted by molar-refractivity contribution is 7.21. The molecule has 0 spiro atoms. The van der Waals surface area contributed by atoms with Crippen molar-refractivity contribution in [2.45, 2.75) is 20.8 Å². The predicted octanol–water partition coefficient (Wildman–Crippen LogP) is 4.89. The average Bonchev–Trinajstić information content (AvgIpc) is 2.74. The molecule has 2 aromatic carbocycles. The van der Waals surface area contributed by atoms with Crippen molar-refractivity contribution >= 4 is 21.6 Å². The Balaban J connectivity index is 2.23. The van der Waals surface area contributed by atoms with Crippen LogP contribution in [-0.4, -0.2) is 4.98 Å². The molecule has 1 nitrogen and oxygen atoms in total. The Kier molecular flexibility index (Phi) is 2.67. The number of thiazole rings is 1. The summed E-state index contributed by atoms with van der Waals surface area (Å²) in [7, 11) is 0. The maximum Gasteiger partial charge on any atom is 0.124 e. The summed E-state index contributed by atoms with van der Waals surface area (Å²) in [6, 6.07) is 12.9. The van der Waals surface area contributed by atoms with Crippen LogP contribution in [-0.2, 0) is 0 Å². The topological polar surface area (TPSA) is 12.9 Å². The van der Waals surface area contributed by atoms with E-state index in [1.165, 1.54) is 27.0 Å². The van der Waals surface area contributed by atoms with Gasteiger partial charge in [-0.3, -0.25) is 0 Å². The van der Waals surface area contributed by atoms with E-state index in [2.05, 4.69) is 57.2 Å². The van der Waals surface area contributed by atoms with Gasteiger partial charge < -0.3 is 0 Å². The third-order valence-electron chi connectivity index (χ3n) is 3.23. The van der Waals surface area contributed by atoms with Gasteiger partial charge in [-0.1, -0.05) is 35.9 Å². The van der Waals surface area contributed by atoms with Gasteiger partial charge in [-0.2, -0.15) is 0 Å². The van der Waals surface area contributed by atoms with E-state index < -0.39 is 0 Å². The molecule has 90 valence electrons. The molecule has 0 N–H and O–H groups in total. The van der Waals surface area contributed by atoms with Crippen LogP contribution in [0.1, 0.15) is 16.7 Å². The van der Waals surface area contributed by atoms with Crippen LogP contribution in [0.25, 0.3) is 20.8 Å².